The average molecular weight is 415 g/mol. The molecule has 4 nitrogen and oxygen atoms in total. The molecule has 2 aromatic rings. The van der Waals surface area contributed by atoms with Gasteiger partial charge in [-0.05, 0) is 74.6 Å². The maximum absolute atomic E-state index is 13.1. The fourth-order valence-electron chi connectivity index (χ4n) is 2.90. The molecule has 0 fully saturated rings. The minimum absolute atomic E-state index is 0.0538. The summed E-state index contributed by atoms with van der Waals surface area (Å²) in [7, 11) is -4.13. The number of hydrogen-bond acceptors (Lipinski definition) is 3. The Balaban J connectivity index is 2.60. The second-order valence-corrected chi connectivity index (χ2v) is 8.37. The van der Waals surface area contributed by atoms with Crippen LogP contribution in [0.2, 0.25) is 0 Å². The number of alkyl halides is 3. The molecule has 0 heterocycles. The van der Waals surface area contributed by atoms with Gasteiger partial charge in [0.2, 0.25) is 0 Å². The van der Waals surface area contributed by atoms with Gasteiger partial charge in [-0.25, -0.2) is 8.42 Å². The largest absolute Gasteiger partial charge is 0.491 e. The van der Waals surface area contributed by atoms with Crippen molar-refractivity contribution in [1.82, 2.24) is 0 Å². The smallest absolute Gasteiger partial charge is 0.416 e. The third kappa shape index (κ3) is 4.60. The Morgan fingerprint density at radius 2 is 1.57 bits per heavy atom. The minimum atomic E-state index is -4.60. The Morgan fingerprint density at radius 1 is 1.00 bits per heavy atom. The van der Waals surface area contributed by atoms with E-state index in [1.165, 1.54) is 0 Å². The molecule has 0 amide bonds. The van der Waals surface area contributed by atoms with E-state index in [-0.39, 0.29) is 22.9 Å². The summed E-state index contributed by atoms with van der Waals surface area (Å²) in [6, 6.07) is 4.65. The van der Waals surface area contributed by atoms with Crippen molar-refractivity contribution >= 4 is 15.7 Å². The van der Waals surface area contributed by atoms with E-state index < -0.39 is 21.8 Å². The molecule has 0 unspecified atom stereocenters. The SMILES string of the molecule is CCCOc1ccc(C(F)(F)F)cc1NS(=O)(=O)c1c(C)c(C)cc(C)c1C. The number of rotatable bonds is 6. The molecule has 0 aliphatic heterocycles. The summed E-state index contributed by atoms with van der Waals surface area (Å²) >= 11 is 0. The minimum Gasteiger partial charge on any atom is -0.491 e. The molecule has 0 saturated carbocycles. The van der Waals surface area contributed by atoms with Crippen molar-refractivity contribution < 1.29 is 26.3 Å². The van der Waals surface area contributed by atoms with E-state index in [9.17, 15) is 21.6 Å². The van der Waals surface area contributed by atoms with Crippen molar-refractivity contribution in [3.63, 3.8) is 0 Å². The third-order valence-corrected chi connectivity index (χ3v) is 6.22. The van der Waals surface area contributed by atoms with Crippen molar-refractivity contribution in [2.75, 3.05) is 11.3 Å². The first-order valence-electron chi connectivity index (χ1n) is 8.82. The number of anilines is 1. The molecule has 0 atom stereocenters. The number of ether oxygens (including phenoxy) is 1. The van der Waals surface area contributed by atoms with Crippen LogP contribution in [0.25, 0.3) is 0 Å². The van der Waals surface area contributed by atoms with Crippen LogP contribution in [0.15, 0.2) is 29.2 Å². The van der Waals surface area contributed by atoms with Crippen LogP contribution in [0.3, 0.4) is 0 Å². The number of aryl methyl sites for hydroxylation is 2. The highest BCUT2D eigenvalue weighted by Crippen LogP contribution is 2.37. The van der Waals surface area contributed by atoms with Gasteiger partial charge >= 0.3 is 6.18 Å². The molecule has 0 aromatic heterocycles. The number of sulfonamides is 1. The Bertz CT molecular complexity index is 957. The van der Waals surface area contributed by atoms with E-state index >= 15 is 0 Å². The van der Waals surface area contributed by atoms with Crippen molar-refractivity contribution in [3.8, 4) is 5.75 Å². The first-order chi connectivity index (χ1) is 12.9. The van der Waals surface area contributed by atoms with Crippen LogP contribution in [0.5, 0.6) is 5.75 Å². The van der Waals surface area contributed by atoms with E-state index in [1.54, 1.807) is 27.7 Å². The molecule has 0 saturated heterocycles. The number of hydrogen-bond donors (Lipinski definition) is 1. The number of halogens is 3. The van der Waals surface area contributed by atoms with Crippen LogP contribution >= 0.6 is 0 Å². The lowest BCUT2D eigenvalue weighted by atomic mass is 10.0. The Morgan fingerprint density at radius 3 is 2.07 bits per heavy atom. The molecule has 2 aromatic carbocycles. The molecule has 0 aliphatic rings. The fraction of sp³-hybridized carbons (Fsp3) is 0.400. The van der Waals surface area contributed by atoms with Gasteiger partial charge in [-0.1, -0.05) is 13.0 Å². The zero-order chi connectivity index (χ0) is 21.3. The van der Waals surface area contributed by atoms with Crippen LogP contribution in [-0.2, 0) is 16.2 Å². The number of nitrogens with one attached hydrogen (secondary N) is 1. The number of benzene rings is 2. The van der Waals surface area contributed by atoms with Gasteiger partial charge in [-0.3, -0.25) is 4.72 Å². The second-order valence-electron chi connectivity index (χ2n) is 6.75. The summed E-state index contributed by atoms with van der Waals surface area (Å²) in [5, 5.41) is 0. The first kappa shape index (κ1) is 22.1. The standard InChI is InChI=1S/C20H24F3NO3S/c1-6-9-27-18-8-7-16(20(21,22)23)11-17(18)24-28(25,26)19-14(4)12(2)10-13(3)15(19)5/h7-8,10-11,24H,6,9H2,1-5H3. The summed E-state index contributed by atoms with van der Waals surface area (Å²) in [5.41, 5.74) is 1.49. The zero-order valence-electron chi connectivity index (χ0n) is 16.5. The van der Waals surface area contributed by atoms with Gasteiger partial charge in [-0.15, -0.1) is 0 Å². The Hall–Kier alpha value is -2.22. The third-order valence-electron chi connectivity index (χ3n) is 4.58. The normalized spacial score (nSPS) is 12.1. The van der Waals surface area contributed by atoms with E-state index in [0.717, 1.165) is 29.3 Å². The lowest BCUT2D eigenvalue weighted by molar-refractivity contribution is -0.137. The van der Waals surface area contributed by atoms with Crippen molar-refractivity contribution in [3.05, 3.63) is 52.1 Å². The van der Waals surface area contributed by atoms with Crippen LogP contribution < -0.4 is 9.46 Å². The molecular formula is C20H24F3NO3S. The van der Waals surface area contributed by atoms with Crippen LogP contribution in [0.4, 0.5) is 18.9 Å². The van der Waals surface area contributed by atoms with E-state index in [2.05, 4.69) is 4.72 Å². The quantitative estimate of drug-likeness (QED) is 0.675. The van der Waals surface area contributed by atoms with Crippen molar-refractivity contribution in [1.29, 1.82) is 0 Å². The highest BCUT2D eigenvalue weighted by Gasteiger charge is 2.32. The molecule has 0 radical (unpaired) electrons. The topological polar surface area (TPSA) is 55.4 Å². The molecule has 2 rings (SSSR count). The summed E-state index contributed by atoms with van der Waals surface area (Å²) in [6.45, 7) is 9.04. The summed E-state index contributed by atoms with van der Waals surface area (Å²) < 4.78 is 73.3. The predicted octanol–water partition coefficient (Wildman–Crippen LogP) is 5.53. The van der Waals surface area contributed by atoms with Gasteiger partial charge in [0.25, 0.3) is 10.0 Å². The van der Waals surface area contributed by atoms with E-state index in [0.29, 0.717) is 17.5 Å². The van der Waals surface area contributed by atoms with Crippen LogP contribution in [0, 0.1) is 27.7 Å². The predicted molar refractivity (Wildman–Crippen MR) is 103 cm³/mol. The van der Waals surface area contributed by atoms with Gasteiger partial charge in [0.15, 0.2) is 0 Å². The van der Waals surface area contributed by atoms with Gasteiger partial charge in [-0.2, -0.15) is 13.2 Å². The molecule has 0 aliphatic carbocycles. The highest BCUT2D eigenvalue weighted by atomic mass is 32.2. The molecule has 0 spiro atoms. The Labute approximate surface area is 163 Å². The van der Waals surface area contributed by atoms with Crippen molar-refractivity contribution in [2.45, 2.75) is 52.1 Å². The van der Waals surface area contributed by atoms with Crippen LogP contribution in [0.1, 0.15) is 41.2 Å². The molecule has 1 N–H and O–H groups in total. The lowest BCUT2D eigenvalue weighted by Crippen LogP contribution is -2.18. The maximum atomic E-state index is 13.1. The summed E-state index contributed by atoms with van der Waals surface area (Å²) in [6.07, 6.45) is -3.97. The molecule has 154 valence electrons. The lowest BCUT2D eigenvalue weighted by Gasteiger charge is -2.19. The summed E-state index contributed by atoms with van der Waals surface area (Å²) in [4.78, 5) is 0.0730. The van der Waals surface area contributed by atoms with E-state index in [4.69, 9.17) is 4.74 Å². The zero-order valence-corrected chi connectivity index (χ0v) is 17.3. The Kier molecular flexibility index (Phi) is 6.33. The summed E-state index contributed by atoms with van der Waals surface area (Å²) in [5.74, 6) is 0.0538. The molecular weight excluding hydrogens is 391 g/mol. The first-order valence-corrected chi connectivity index (χ1v) is 10.3. The van der Waals surface area contributed by atoms with Gasteiger partial charge in [0.1, 0.15) is 5.75 Å². The van der Waals surface area contributed by atoms with Crippen molar-refractivity contribution in [2.24, 2.45) is 0 Å². The second kappa shape index (κ2) is 8.03. The molecule has 0 bridgehead atoms. The van der Waals surface area contributed by atoms with Gasteiger partial charge < -0.3 is 4.74 Å². The average Bonchev–Trinajstić information content (AvgIpc) is 2.57. The van der Waals surface area contributed by atoms with Gasteiger partial charge in [0, 0.05) is 0 Å². The fourth-order valence-corrected chi connectivity index (χ4v) is 4.58. The molecule has 8 heteroatoms. The van der Waals surface area contributed by atoms with Gasteiger partial charge in [0.05, 0.1) is 22.8 Å². The monoisotopic (exact) mass is 415 g/mol. The molecule has 28 heavy (non-hydrogen) atoms. The van der Waals surface area contributed by atoms with E-state index in [1.807, 2.05) is 13.0 Å². The maximum Gasteiger partial charge on any atom is 0.416 e. The highest BCUT2D eigenvalue weighted by molar-refractivity contribution is 7.92. The van der Waals surface area contributed by atoms with Crippen LogP contribution in [-0.4, -0.2) is 15.0 Å².